The van der Waals surface area contributed by atoms with Crippen molar-refractivity contribution in [1.29, 1.82) is 0 Å². The second-order valence-electron chi connectivity index (χ2n) is 7.49. The van der Waals surface area contributed by atoms with Crippen molar-refractivity contribution in [2.75, 3.05) is 5.32 Å². The number of aryl methyl sites for hydroxylation is 3. The van der Waals surface area contributed by atoms with Gasteiger partial charge in [-0.05, 0) is 62.6 Å². The van der Waals surface area contributed by atoms with Crippen molar-refractivity contribution in [2.24, 2.45) is 0 Å². The van der Waals surface area contributed by atoms with E-state index in [1.54, 1.807) is 19.1 Å². The highest BCUT2D eigenvalue weighted by Gasteiger charge is 2.17. The molecular weight excluding hydrogens is 412 g/mol. The number of anilines is 1. The first-order valence-corrected chi connectivity index (χ1v) is 10.7. The summed E-state index contributed by atoms with van der Waals surface area (Å²) in [6, 6.07) is 12.8. The summed E-state index contributed by atoms with van der Waals surface area (Å²) in [6.07, 6.45) is -0.761. The van der Waals surface area contributed by atoms with E-state index in [4.69, 9.17) is 9.15 Å². The molecule has 0 spiro atoms. The highest BCUT2D eigenvalue weighted by atomic mass is 32.1. The predicted molar refractivity (Wildman–Crippen MR) is 123 cm³/mol. The number of hydrogen-bond acceptors (Lipinski definition) is 6. The fourth-order valence-electron chi connectivity index (χ4n) is 3.21. The lowest BCUT2D eigenvalue weighted by Gasteiger charge is -2.14. The second-order valence-corrected chi connectivity index (χ2v) is 8.35. The van der Waals surface area contributed by atoms with Crippen LogP contribution in [0.15, 0.2) is 57.1 Å². The Morgan fingerprint density at radius 1 is 1.06 bits per heavy atom. The van der Waals surface area contributed by atoms with E-state index in [9.17, 15) is 9.59 Å². The van der Waals surface area contributed by atoms with E-state index >= 15 is 0 Å². The standard InChI is InChI=1S/C24H22N2O4S/c1-13-5-6-17(9-14(13)2)20-12-31-24(25-20)26-23(28)16(4)29-18-7-8-19-15(3)10-22(27)30-21(19)11-18/h5-12,16H,1-4H3,(H,25,26,28). The maximum absolute atomic E-state index is 12.6. The molecule has 0 fully saturated rings. The van der Waals surface area contributed by atoms with Crippen molar-refractivity contribution in [3.63, 3.8) is 0 Å². The molecule has 2 aromatic heterocycles. The van der Waals surface area contributed by atoms with Gasteiger partial charge in [-0.2, -0.15) is 0 Å². The van der Waals surface area contributed by atoms with Crippen molar-refractivity contribution in [3.05, 3.63) is 75.0 Å². The normalized spacial score (nSPS) is 12.0. The lowest BCUT2D eigenvalue weighted by molar-refractivity contribution is -0.122. The van der Waals surface area contributed by atoms with Crippen LogP contribution in [0.25, 0.3) is 22.2 Å². The third kappa shape index (κ3) is 4.51. The number of fused-ring (bicyclic) bond motifs is 1. The van der Waals surface area contributed by atoms with Crippen LogP contribution in [0, 0.1) is 20.8 Å². The molecule has 0 aliphatic carbocycles. The molecule has 2 heterocycles. The first kappa shape index (κ1) is 20.8. The molecule has 0 radical (unpaired) electrons. The molecule has 0 aliphatic heterocycles. The molecule has 1 unspecified atom stereocenters. The molecule has 31 heavy (non-hydrogen) atoms. The molecule has 2 aromatic carbocycles. The Morgan fingerprint density at radius 3 is 2.65 bits per heavy atom. The van der Waals surface area contributed by atoms with Crippen molar-refractivity contribution < 1.29 is 13.9 Å². The molecule has 0 aliphatic rings. The third-order valence-electron chi connectivity index (χ3n) is 5.14. The Balaban J connectivity index is 1.45. The summed E-state index contributed by atoms with van der Waals surface area (Å²) >= 11 is 1.36. The maximum atomic E-state index is 12.6. The zero-order valence-corrected chi connectivity index (χ0v) is 18.5. The van der Waals surface area contributed by atoms with Gasteiger partial charge in [0.05, 0.1) is 5.69 Å². The molecule has 4 rings (SSSR count). The van der Waals surface area contributed by atoms with Crippen molar-refractivity contribution in [1.82, 2.24) is 4.98 Å². The maximum Gasteiger partial charge on any atom is 0.336 e. The second kappa shape index (κ2) is 8.35. The van der Waals surface area contributed by atoms with Gasteiger partial charge < -0.3 is 9.15 Å². The van der Waals surface area contributed by atoms with Gasteiger partial charge in [0.25, 0.3) is 5.91 Å². The van der Waals surface area contributed by atoms with Gasteiger partial charge >= 0.3 is 5.63 Å². The van der Waals surface area contributed by atoms with Gasteiger partial charge in [0.1, 0.15) is 11.3 Å². The highest BCUT2D eigenvalue weighted by molar-refractivity contribution is 7.14. The van der Waals surface area contributed by atoms with E-state index in [1.807, 2.05) is 24.4 Å². The number of amides is 1. The van der Waals surface area contributed by atoms with E-state index in [0.29, 0.717) is 16.5 Å². The number of hydrogen-bond donors (Lipinski definition) is 1. The van der Waals surface area contributed by atoms with Crippen molar-refractivity contribution in [3.8, 4) is 17.0 Å². The van der Waals surface area contributed by atoms with Crippen LogP contribution in [0.3, 0.4) is 0 Å². The minimum Gasteiger partial charge on any atom is -0.481 e. The van der Waals surface area contributed by atoms with Gasteiger partial charge in [-0.3, -0.25) is 10.1 Å². The van der Waals surface area contributed by atoms with Gasteiger partial charge in [0, 0.05) is 28.5 Å². The number of thiazole rings is 1. The molecule has 0 saturated carbocycles. The number of nitrogens with zero attached hydrogens (tertiary/aromatic N) is 1. The van der Waals surface area contributed by atoms with Crippen LogP contribution in [0.4, 0.5) is 5.13 Å². The predicted octanol–water partition coefficient (Wildman–Crippen LogP) is 5.25. The minimum atomic E-state index is -0.761. The van der Waals surface area contributed by atoms with Crippen molar-refractivity contribution >= 4 is 33.3 Å². The Hall–Kier alpha value is -3.45. The Morgan fingerprint density at radius 2 is 1.87 bits per heavy atom. The molecule has 1 N–H and O–H groups in total. The van der Waals surface area contributed by atoms with Gasteiger partial charge in [-0.15, -0.1) is 11.3 Å². The van der Waals surface area contributed by atoms with Crippen LogP contribution >= 0.6 is 11.3 Å². The molecule has 0 saturated heterocycles. The van der Waals surface area contributed by atoms with Crippen LogP contribution in [0.1, 0.15) is 23.6 Å². The summed E-state index contributed by atoms with van der Waals surface area (Å²) in [5.74, 6) is 0.130. The van der Waals surface area contributed by atoms with E-state index in [1.165, 1.54) is 28.5 Å². The average molecular weight is 435 g/mol. The smallest absolute Gasteiger partial charge is 0.336 e. The monoisotopic (exact) mass is 434 g/mol. The van der Waals surface area contributed by atoms with E-state index in [2.05, 4.69) is 36.3 Å². The lowest BCUT2D eigenvalue weighted by Crippen LogP contribution is -2.30. The zero-order chi connectivity index (χ0) is 22.1. The molecule has 1 amide bonds. The summed E-state index contributed by atoms with van der Waals surface area (Å²) in [7, 11) is 0. The van der Waals surface area contributed by atoms with E-state index in [0.717, 1.165) is 22.2 Å². The molecule has 0 bridgehead atoms. The summed E-state index contributed by atoms with van der Waals surface area (Å²) < 4.78 is 11.0. The van der Waals surface area contributed by atoms with Crippen LogP contribution in [-0.2, 0) is 4.79 Å². The molecule has 158 valence electrons. The first-order valence-electron chi connectivity index (χ1n) is 9.85. The Bertz CT molecular complexity index is 1340. The largest absolute Gasteiger partial charge is 0.481 e. The van der Waals surface area contributed by atoms with Crippen LogP contribution in [-0.4, -0.2) is 17.0 Å². The molecule has 4 aromatic rings. The van der Waals surface area contributed by atoms with Gasteiger partial charge in [-0.25, -0.2) is 9.78 Å². The third-order valence-corrected chi connectivity index (χ3v) is 5.90. The summed E-state index contributed by atoms with van der Waals surface area (Å²) in [4.78, 5) is 28.7. The van der Waals surface area contributed by atoms with Crippen LogP contribution < -0.4 is 15.7 Å². The van der Waals surface area contributed by atoms with E-state index in [-0.39, 0.29) is 5.91 Å². The number of rotatable bonds is 5. The molecular formula is C24H22N2O4S. The van der Waals surface area contributed by atoms with E-state index < -0.39 is 11.7 Å². The molecule has 6 nitrogen and oxygen atoms in total. The lowest BCUT2D eigenvalue weighted by atomic mass is 10.1. The topological polar surface area (TPSA) is 81.4 Å². The van der Waals surface area contributed by atoms with Crippen LogP contribution in [0.2, 0.25) is 0 Å². The summed E-state index contributed by atoms with van der Waals surface area (Å²) in [6.45, 7) is 7.63. The summed E-state index contributed by atoms with van der Waals surface area (Å²) in [5.41, 5.74) is 5.08. The number of aromatic nitrogens is 1. The van der Waals surface area contributed by atoms with Gasteiger partial charge in [-0.1, -0.05) is 12.1 Å². The highest BCUT2D eigenvalue weighted by Crippen LogP contribution is 2.27. The Labute approximate surface area is 183 Å². The minimum absolute atomic E-state index is 0.313. The number of benzene rings is 2. The fourth-order valence-corrected chi connectivity index (χ4v) is 3.93. The van der Waals surface area contributed by atoms with Crippen molar-refractivity contribution in [2.45, 2.75) is 33.8 Å². The quantitative estimate of drug-likeness (QED) is 0.434. The zero-order valence-electron chi connectivity index (χ0n) is 17.7. The van der Waals surface area contributed by atoms with Crippen LogP contribution in [0.5, 0.6) is 5.75 Å². The average Bonchev–Trinajstić information content (AvgIpc) is 3.18. The number of ether oxygens (including phenoxy) is 1. The van der Waals surface area contributed by atoms with Gasteiger partial charge in [0.15, 0.2) is 11.2 Å². The SMILES string of the molecule is Cc1ccc(-c2csc(NC(=O)C(C)Oc3ccc4c(C)cc(=O)oc4c3)n2)cc1C. The summed E-state index contributed by atoms with van der Waals surface area (Å²) in [5, 5.41) is 6.05. The first-order chi connectivity index (χ1) is 14.8. The number of nitrogens with one attached hydrogen (secondary N) is 1. The Kier molecular flexibility index (Phi) is 5.61. The molecule has 1 atom stereocenters. The number of carbonyl (C=O) groups is 1. The van der Waals surface area contributed by atoms with Gasteiger partial charge in [0.2, 0.25) is 0 Å². The fraction of sp³-hybridized carbons (Fsp3) is 0.208. The number of carbonyl (C=O) groups excluding carboxylic acids is 1. The molecule has 7 heteroatoms.